The molecule has 0 amide bonds. The van der Waals surface area contributed by atoms with Crippen LogP contribution in [0.2, 0.25) is 0 Å². The molecule has 0 atom stereocenters. The maximum atomic E-state index is 10.6. The van der Waals surface area contributed by atoms with E-state index in [0.29, 0.717) is 5.78 Å². The second kappa shape index (κ2) is 12.2. The molecular formula is C14H26O2. The average Bonchev–Trinajstić information content (AvgIpc) is 2.23. The number of rotatable bonds is 7. The minimum atomic E-state index is 0.128. The van der Waals surface area contributed by atoms with Crippen molar-refractivity contribution >= 4 is 11.6 Å². The molecule has 0 fully saturated rings. The van der Waals surface area contributed by atoms with Crippen molar-refractivity contribution in [2.75, 3.05) is 0 Å². The SMILES string of the molecule is C=C(CCCC)C(C)=O.CCCCC(C)=O. The van der Waals surface area contributed by atoms with E-state index in [1.165, 1.54) is 0 Å². The summed E-state index contributed by atoms with van der Waals surface area (Å²) in [4.78, 5) is 20.8. The highest BCUT2D eigenvalue weighted by molar-refractivity contribution is 5.92. The summed E-state index contributed by atoms with van der Waals surface area (Å²) < 4.78 is 0. The van der Waals surface area contributed by atoms with Gasteiger partial charge in [-0.3, -0.25) is 4.79 Å². The van der Waals surface area contributed by atoms with Crippen molar-refractivity contribution in [1.82, 2.24) is 0 Å². The second-order valence-electron chi connectivity index (χ2n) is 4.07. The van der Waals surface area contributed by atoms with Crippen LogP contribution in [0.1, 0.15) is 66.2 Å². The van der Waals surface area contributed by atoms with Gasteiger partial charge in [-0.25, -0.2) is 0 Å². The van der Waals surface area contributed by atoms with Crippen molar-refractivity contribution in [2.24, 2.45) is 0 Å². The number of carbonyl (C=O) groups is 2. The highest BCUT2D eigenvalue weighted by Crippen LogP contribution is 2.04. The largest absolute Gasteiger partial charge is 0.300 e. The Kier molecular flexibility index (Phi) is 13.3. The van der Waals surface area contributed by atoms with E-state index >= 15 is 0 Å². The Balaban J connectivity index is 0. The molecule has 2 nitrogen and oxygen atoms in total. The zero-order chi connectivity index (χ0) is 13.0. The Morgan fingerprint density at radius 1 is 0.938 bits per heavy atom. The number of Topliss-reactive ketones (excluding diaryl/α,β-unsaturated/α-hetero) is 2. The lowest BCUT2D eigenvalue weighted by Gasteiger charge is -1.96. The molecule has 0 saturated carbocycles. The first-order valence-corrected chi connectivity index (χ1v) is 6.13. The monoisotopic (exact) mass is 226 g/mol. The number of hydrogen-bond donors (Lipinski definition) is 0. The second-order valence-corrected chi connectivity index (χ2v) is 4.07. The van der Waals surface area contributed by atoms with Crippen molar-refractivity contribution in [3.8, 4) is 0 Å². The van der Waals surface area contributed by atoms with Gasteiger partial charge in [-0.1, -0.05) is 33.3 Å². The van der Waals surface area contributed by atoms with E-state index in [0.717, 1.165) is 44.1 Å². The molecule has 0 saturated heterocycles. The average molecular weight is 226 g/mol. The van der Waals surface area contributed by atoms with Gasteiger partial charge in [0.25, 0.3) is 0 Å². The van der Waals surface area contributed by atoms with Gasteiger partial charge in [-0.15, -0.1) is 0 Å². The zero-order valence-corrected chi connectivity index (χ0v) is 11.3. The number of carbonyl (C=O) groups excluding carboxylic acids is 2. The van der Waals surface area contributed by atoms with Crippen LogP contribution < -0.4 is 0 Å². The summed E-state index contributed by atoms with van der Waals surface area (Å²) in [5, 5.41) is 0. The molecule has 0 aromatic carbocycles. The molecular weight excluding hydrogens is 200 g/mol. The summed E-state index contributed by atoms with van der Waals surface area (Å²) in [7, 11) is 0. The topological polar surface area (TPSA) is 34.1 Å². The van der Waals surface area contributed by atoms with E-state index in [1.54, 1.807) is 13.8 Å². The first-order chi connectivity index (χ1) is 7.45. The van der Waals surface area contributed by atoms with Crippen molar-refractivity contribution in [3.05, 3.63) is 12.2 Å². The molecule has 94 valence electrons. The number of unbranched alkanes of at least 4 members (excludes halogenated alkanes) is 2. The Bertz CT molecular complexity index is 217. The molecule has 0 rings (SSSR count). The van der Waals surface area contributed by atoms with Crippen LogP contribution in [0.5, 0.6) is 0 Å². The first kappa shape index (κ1) is 17.5. The van der Waals surface area contributed by atoms with Crippen LogP contribution in [0.25, 0.3) is 0 Å². The van der Waals surface area contributed by atoms with E-state index in [4.69, 9.17) is 0 Å². The fourth-order valence-corrected chi connectivity index (χ4v) is 0.992. The summed E-state index contributed by atoms with van der Waals surface area (Å²) in [5.41, 5.74) is 0.761. The molecule has 0 N–H and O–H groups in total. The lowest BCUT2D eigenvalue weighted by atomic mass is 10.1. The fraction of sp³-hybridized carbons (Fsp3) is 0.714. The molecule has 0 aromatic rings. The highest BCUT2D eigenvalue weighted by atomic mass is 16.1. The first-order valence-electron chi connectivity index (χ1n) is 6.13. The third-order valence-corrected chi connectivity index (χ3v) is 2.21. The van der Waals surface area contributed by atoms with E-state index in [1.807, 2.05) is 0 Å². The number of ketones is 2. The van der Waals surface area contributed by atoms with Gasteiger partial charge in [0.2, 0.25) is 0 Å². The predicted octanol–water partition coefficient (Wildman–Crippen LogP) is 4.09. The molecule has 0 heterocycles. The van der Waals surface area contributed by atoms with Crippen LogP contribution in [-0.2, 0) is 9.59 Å². The quantitative estimate of drug-likeness (QED) is 0.613. The molecule has 0 bridgehead atoms. The van der Waals surface area contributed by atoms with Crippen LogP contribution in [0.3, 0.4) is 0 Å². The maximum Gasteiger partial charge on any atom is 0.155 e. The van der Waals surface area contributed by atoms with Gasteiger partial charge in [-0.05, 0) is 38.7 Å². The van der Waals surface area contributed by atoms with Crippen molar-refractivity contribution < 1.29 is 9.59 Å². The lowest BCUT2D eigenvalue weighted by Crippen LogP contribution is -1.93. The third kappa shape index (κ3) is 15.5. The normalized spacial score (nSPS) is 9.00. The van der Waals surface area contributed by atoms with Gasteiger partial charge in [0, 0.05) is 6.42 Å². The number of allylic oxidation sites excluding steroid dienone is 1. The van der Waals surface area contributed by atoms with E-state index in [9.17, 15) is 9.59 Å². The summed E-state index contributed by atoms with van der Waals surface area (Å²) in [6, 6.07) is 0. The lowest BCUT2D eigenvalue weighted by molar-refractivity contribution is -0.117. The molecule has 0 aliphatic carbocycles. The van der Waals surface area contributed by atoms with Crippen LogP contribution in [0.4, 0.5) is 0 Å². The van der Waals surface area contributed by atoms with Crippen LogP contribution in [-0.4, -0.2) is 11.6 Å². The van der Waals surface area contributed by atoms with Crippen LogP contribution in [0, 0.1) is 0 Å². The minimum absolute atomic E-state index is 0.128. The highest BCUT2D eigenvalue weighted by Gasteiger charge is 1.97. The molecule has 0 spiro atoms. The molecule has 0 unspecified atom stereocenters. The Morgan fingerprint density at radius 3 is 1.62 bits per heavy atom. The van der Waals surface area contributed by atoms with Crippen LogP contribution >= 0.6 is 0 Å². The molecule has 2 heteroatoms. The predicted molar refractivity (Wildman–Crippen MR) is 69.6 cm³/mol. The van der Waals surface area contributed by atoms with Gasteiger partial charge in [0.1, 0.15) is 5.78 Å². The maximum absolute atomic E-state index is 10.6. The smallest absolute Gasteiger partial charge is 0.155 e. The summed E-state index contributed by atoms with van der Waals surface area (Å²) >= 11 is 0. The molecule has 16 heavy (non-hydrogen) atoms. The van der Waals surface area contributed by atoms with Crippen LogP contribution in [0.15, 0.2) is 12.2 Å². The van der Waals surface area contributed by atoms with Gasteiger partial charge in [-0.2, -0.15) is 0 Å². The van der Waals surface area contributed by atoms with Gasteiger partial charge >= 0.3 is 0 Å². The van der Waals surface area contributed by atoms with Gasteiger partial charge in [0.15, 0.2) is 5.78 Å². The fourth-order valence-electron chi connectivity index (χ4n) is 0.992. The van der Waals surface area contributed by atoms with Crippen molar-refractivity contribution in [2.45, 2.75) is 66.2 Å². The standard InChI is InChI=1S/C8H14O.C6H12O/c1-4-5-6-7(2)8(3)9;1-3-4-5-6(2)7/h2,4-6H2,1,3H3;3-5H2,1-2H3. The summed E-state index contributed by atoms with van der Waals surface area (Å²) in [6.07, 6.45) is 6.02. The zero-order valence-electron chi connectivity index (χ0n) is 11.3. The molecule has 0 aliphatic heterocycles. The molecule has 0 radical (unpaired) electrons. The Hall–Kier alpha value is -0.920. The van der Waals surface area contributed by atoms with Crippen molar-refractivity contribution in [1.29, 1.82) is 0 Å². The van der Waals surface area contributed by atoms with E-state index < -0.39 is 0 Å². The summed E-state index contributed by atoms with van der Waals surface area (Å²) in [6.45, 7) is 11.0. The Labute approximate surface area is 100 Å². The number of hydrogen-bond acceptors (Lipinski definition) is 2. The molecule has 0 aliphatic rings. The third-order valence-electron chi connectivity index (χ3n) is 2.21. The van der Waals surface area contributed by atoms with Crippen molar-refractivity contribution in [3.63, 3.8) is 0 Å². The van der Waals surface area contributed by atoms with Gasteiger partial charge in [0.05, 0.1) is 0 Å². The van der Waals surface area contributed by atoms with E-state index in [-0.39, 0.29) is 5.78 Å². The van der Waals surface area contributed by atoms with E-state index in [2.05, 4.69) is 20.4 Å². The molecule has 0 aromatic heterocycles. The van der Waals surface area contributed by atoms with Gasteiger partial charge < -0.3 is 4.79 Å². The summed E-state index contributed by atoms with van der Waals surface area (Å²) in [5.74, 6) is 0.435. The Morgan fingerprint density at radius 2 is 1.38 bits per heavy atom. The minimum Gasteiger partial charge on any atom is -0.300 e.